The van der Waals surface area contributed by atoms with E-state index in [4.69, 9.17) is 28.5 Å². The molecule has 0 unspecified atom stereocenters. The van der Waals surface area contributed by atoms with E-state index in [2.05, 4.69) is 26.7 Å². The topological polar surface area (TPSA) is 90.7 Å². The van der Waals surface area contributed by atoms with Crippen molar-refractivity contribution >= 4 is 46.3 Å². The van der Waals surface area contributed by atoms with E-state index in [1.54, 1.807) is 42.5 Å². The molecular weight excluding hydrogens is 373 g/mol. The van der Waals surface area contributed by atoms with Crippen molar-refractivity contribution in [1.82, 2.24) is 9.97 Å². The molecule has 3 aromatic rings. The number of anilines is 3. The summed E-state index contributed by atoms with van der Waals surface area (Å²) in [7, 11) is 0. The Balaban J connectivity index is 1.73. The van der Waals surface area contributed by atoms with E-state index in [-0.39, 0.29) is 5.69 Å². The quantitative estimate of drug-likeness (QED) is 0.683. The summed E-state index contributed by atoms with van der Waals surface area (Å²) < 4.78 is 0. The second-order valence-corrected chi connectivity index (χ2v) is 5.97. The van der Waals surface area contributed by atoms with Crippen molar-refractivity contribution in [2.45, 2.75) is 0 Å². The molecule has 1 aromatic heterocycles. The number of carbonyl (C=O) groups is 1. The molecule has 0 bridgehead atoms. The van der Waals surface area contributed by atoms with Crippen molar-refractivity contribution in [3.05, 3.63) is 76.2 Å². The lowest BCUT2D eigenvalue weighted by Gasteiger charge is -2.09. The van der Waals surface area contributed by atoms with Crippen molar-refractivity contribution in [3.8, 4) is 6.07 Å². The van der Waals surface area contributed by atoms with Crippen molar-refractivity contribution < 1.29 is 4.79 Å². The Labute approximate surface area is 159 Å². The normalized spacial score (nSPS) is 10.0. The lowest BCUT2D eigenvalue weighted by molar-refractivity contribution is 0.102. The van der Waals surface area contributed by atoms with Crippen molar-refractivity contribution in [2.24, 2.45) is 0 Å². The third-order valence-electron chi connectivity index (χ3n) is 3.35. The molecule has 1 heterocycles. The molecule has 6 nitrogen and oxygen atoms in total. The SMILES string of the molecule is N#Cc1cccc(Nc2cnc(C(=O)Nc3c(Cl)cccc3Cl)cn2)c1. The van der Waals surface area contributed by atoms with E-state index in [0.717, 1.165) is 0 Å². The van der Waals surface area contributed by atoms with Crippen molar-refractivity contribution in [2.75, 3.05) is 10.6 Å². The van der Waals surface area contributed by atoms with Gasteiger partial charge in [-0.25, -0.2) is 9.97 Å². The summed E-state index contributed by atoms with van der Waals surface area (Å²) in [4.78, 5) is 20.5. The number of para-hydroxylation sites is 1. The fourth-order valence-electron chi connectivity index (χ4n) is 2.12. The van der Waals surface area contributed by atoms with Gasteiger partial charge in [0.25, 0.3) is 5.91 Å². The third-order valence-corrected chi connectivity index (χ3v) is 3.98. The molecule has 0 aliphatic heterocycles. The Bertz CT molecular complexity index is 979. The molecule has 0 atom stereocenters. The van der Waals surface area contributed by atoms with Crippen LogP contribution in [0.4, 0.5) is 17.2 Å². The monoisotopic (exact) mass is 383 g/mol. The predicted octanol–water partition coefficient (Wildman–Crippen LogP) is 4.65. The summed E-state index contributed by atoms with van der Waals surface area (Å²) in [6.07, 6.45) is 2.75. The van der Waals surface area contributed by atoms with Gasteiger partial charge in [-0.2, -0.15) is 5.26 Å². The second kappa shape index (κ2) is 7.83. The van der Waals surface area contributed by atoms with Gasteiger partial charge in [-0.3, -0.25) is 4.79 Å². The number of amides is 1. The minimum absolute atomic E-state index is 0.109. The van der Waals surface area contributed by atoms with Crippen LogP contribution >= 0.6 is 23.2 Å². The Morgan fingerprint density at radius 1 is 1.04 bits per heavy atom. The van der Waals surface area contributed by atoms with Crippen LogP contribution in [0.2, 0.25) is 10.0 Å². The molecule has 26 heavy (non-hydrogen) atoms. The summed E-state index contributed by atoms with van der Waals surface area (Å²) in [6.45, 7) is 0. The Hall–Kier alpha value is -3.14. The zero-order chi connectivity index (χ0) is 18.5. The van der Waals surface area contributed by atoms with Crippen molar-refractivity contribution in [1.29, 1.82) is 5.26 Å². The van der Waals surface area contributed by atoms with Gasteiger partial charge in [0.15, 0.2) is 0 Å². The number of hydrogen-bond donors (Lipinski definition) is 2. The largest absolute Gasteiger partial charge is 0.339 e. The Kier molecular flexibility index (Phi) is 5.32. The number of nitriles is 1. The number of rotatable bonds is 4. The maximum absolute atomic E-state index is 12.3. The predicted molar refractivity (Wildman–Crippen MR) is 101 cm³/mol. The highest BCUT2D eigenvalue weighted by Gasteiger charge is 2.13. The molecule has 8 heteroatoms. The summed E-state index contributed by atoms with van der Waals surface area (Å²) in [5.41, 5.74) is 1.64. The first-order valence-corrected chi connectivity index (χ1v) is 8.17. The number of hydrogen-bond acceptors (Lipinski definition) is 5. The van der Waals surface area contributed by atoms with Crippen LogP contribution in [0, 0.1) is 11.3 Å². The molecule has 0 aliphatic rings. The van der Waals surface area contributed by atoms with E-state index in [9.17, 15) is 4.79 Å². The van der Waals surface area contributed by atoms with Gasteiger partial charge in [0, 0.05) is 5.69 Å². The van der Waals surface area contributed by atoms with Gasteiger partial charge in [-0.05, 0) is 30.3 Å². The first-order valence-electron chi connectivity index (χ1n) is 7.41. The molecule has 0 spiro atoms. The van der Waals surface area contributed by atoms with Gasteiger partial charge >= 0.3 is 0 Å². The van der Waals surface area contributed by atoms with E-state index in [1.807, 2.05) is 0 Å². The lowest BCUT2D eigenvalue weighted by atomic mass is 10.2. The van der Waals surface area contributed by atoms with Crippen LogP contribution in [0.5, 0.6) is 0 Å². The second-order valence-electron chi connectivity index (χ2n) is 5.16. The van der Waals surface area contributed by atoms with Crippen LogP contribution < -0.4 is 10.6 Å². The summed E-state index contributed by atoms with van der Waals surface area (Å²) in [6, 6.07) is 13.9. The highest BCUT2D eigenvalue weighted by atomic mass is 35.5. The van der Waals surface area contributed by atoms with Crippen LogP contribution in [0.25, 0.3) is 0 Å². The maximum atomic E-state index is 12.3. The first kappa shape index (κ1) is 17.7. The first-order chi connectivity index (χ1) is 12.6. The average Bonchev–Trinajstić information content (AvgIpc) is 2.65. The fraction of sp³-hybridized carbons (Fsp3) is 0. The Morgan fingerprint density at radius 3 is 2.42 bits per heavy atom. The molecule has 0 saturated heterocycles. The highest BCUT2D eigenvalue weighted by molar-refractivity contribution is 6.39. The average molecular weight is 384 g/mol. The maximum Gasteiger partial charge on any atom is 0.275 e. The number of nitrogens with one attached hydrogen (secondary N) is 2. The van der Waals surface area contributed by atoms with Crippen LogP contribution in [-0.2, 0) is 0 Å². The van der Waals surface area contributed by atoms with Crippen LogP contribution in [0.3, 0.4) is 0 Å². The molecule has 3 rings (SSSR count). The zero-order valence-electron chi connectivity index (χ0n) is 13.2. The van der Waals surface area contributed by atoms with E-state index >= 15 is 0 Å². The van der Waals surface area contributed by atoms with E-state index < -0.39 is 5.91 Å². The molecule has 2 aromatic carbocycles. The number of nitrogens with zero attached hydrogens (tertiary/aromatic N) is 3. The molecule has 0 aliphatic carbocycles. The standard InChI is InChI=1S/C18H11Cl2N5O/c19-13-5-2-6-14(20)17(13)25-18(26)15-9-23-16(10-22-15)24-12-4-1-3-11(7-12)8-21/h1-7,9-10H,(H,23,24)(H,25,26). The summed E-state index contributed by atoms with van der Waals surface area (Å²) in [5.74, 6) is -0.0436. The highest BCUT2D eigenvalue weighted by Crippen LogP contribution is 2.30. The van der Waals surface area contributed by atoms with Gasteiger partial charge in [-0.1, -0.05) is 35.3 Å². The van der Waals surface area contributed by atoms with Crippen LogP contribution in [0.1, 0.15) is 16.1 Å². The molecule has 1 amide bonds. The molecule has 128 valence electrons. The molecule has 2 N–H and O–H groups in total. The third kappa shape index (κ3) is 4.09. The fourth-order valence-corrected chi connectivity index (χ4v) is 2.61. The molecular formula is C18H11Cl2N5O. The molecule has 0 fully saturated rings. The minimum atomic E-state index is -0.481. The van der Waals surface area contributed by atoms with Gasteiger partial charge in [0.1, 0.15) is 11.5 Å². The smallest absolute Gasteiger partial charge is 0.275 e. The van der Waals surface area contributed by atoms with Gasteiger partial charge in [0.2, 0.25) is 0 Å². The number of benzene rings is 2. The van der Waals surface area contributed by atoms with Crippen LogP contribution in [-0.4, -0.2) is 15.9 Å². The van der Waals surface area contributed by atoms with E-state index in [0.29, 0.717) is 32.8 Å². The lowest BCUT2D eigenvalue weighted by Crippen LogP contribution is -2.15. The Morgan fingerprint density at radius 2 is 1.77 bits per heavy atom. The van der Waals surface area contributed by atoms with Crippen molar-refractivity contribution in [3.63, 3.8) is 0 Å². The van der Waals surface area contributed by atoms with Gasteiger partial charge in [-0.15, -0.1) is 0 Å². The minimum Gasteiger partial charge on any atom is -0.339 e. The number of halogens is 2. The molecule has 0 radical (unpaired) electrons. The number of aromatic nitrogens is 2. The molecule has 0 saturated carbocycles. The van der Waals surface area contributed by atoms with Gasteiger partial charge in [0.05, 0.1) is 39.8 Å². The van der Waals surface area contributed by atoms with Gasteiger partial charge < -0.3 is 10.6 Å². The number of carbonyl (C=O) groups excluding carboxylic acids is 1. The van der Waals surface area contributed by atoms with Crippen LogP contribution in [0.15, 0.2) is 54.9 Å². The zero-order valence-corrected chi connectivity index (χ0v) is 14.7. The summed E-state index contributed by atoms with van der Waals surface area (Å²) in [5, 5.41) is 15.2. The van der Waals surface area contributed by atoms with E-state index in [1.165, 1.54) is 12.4 Å². The summed E-state index contributed by atoms with van der Waals surface area (Å²) >= 11 is 12.1.